The minimum absolute atomic E-state index is 0.0273. The highest BCUT2D eigenvalue weighted by Gasteiger charge is 2.33. The summed E-state index contributed by atoms with van der Waals surface area (Å²) < 4.78 is 32.5. The molecule has 148 valence electrons. The summed E-state index contributed by atoms with van der Waals surface area (Å²) in [4.78, 5) is 15.1. The number of nitrogens with zero attached hydrogens (tertiary/aromatic N) is 2. The summed E-state index contributed by atoms with van der Waals surface area (Å²) >= 11 is 6.30. The molecule has 1 saturated heterocycles. The van der Waals surface area contributed by atoms with Crippen LogP contribution in [0.1, 0.15) is 22.8 Å². The first-order valence-electron chi connectivity index (χ1n) is 9.18. The van der Waals surface area contributed by atoms with Crippen LogP contribution in [0.25, 0.3) is 0 Å². The maximum atomic E-state index is 13.3. The molecule has 2 aromatic carbocycles. The summed E-state index contributed by atoms with van der Waals surface area (Å²) in [6.45, 7) is 3.29. The van der Waals surface area contributed by atoms with Crippen molar-refractivity contribution >= 4 is 33.2 Å². The molecule has 2 aliphatic rings. The first-order valence-corrected chi connectivity index (χ1v) is 11.0. The van der Waals surface area contributed by atoms with Crippen molar-refractivity contribution in [3.63, 3.8) is 0 Å². The summed E-state index contributed by atoms with van der Waals surface area (Å²) in [6.07, 6.45) is 0.755. The largest absolute Gasteiger partial charge is 0.379 e. The number of rotatable bonds is 3. The Hall–Kier alpha value is -1.93. The van der Waals surface area contributed by atoms with Gasteiger partial charge in [0.15, 0.2) is 0 Å². The van der Waals surface area contributed by atoms with E-state index in [-0.39, 0.29) is 27.4 Å². The number of amides is 1. The monoisotopic (exact) mass is 420 g/mol. The lowest BCUT2D eigenvalue weighted by Gasteiger charge is -2.27. The predicted octanol–water partition coefficient (Wildman–Crippen LogP) is 2.95. The summed E-state index contributed by atoms with van der Waals surface area (Å²) in [7, 11) is -3.71. The first-order chi connectivity index (χ1) is 13.4. The van der Waals surface area contributed by atoms with Crippen LogP contribution in [0.3, 0.4) is 0 Å². The Bertz CT molecular complexity index is 1020. The highest BCUT2D eigenvalue weighted by Crippen LogP contribution is 2.34. The van der Waals surface area contributed by atoms with Crippen molar-refractivity contribution in [1.82, 2.24) is 4.31 Å². The standard InChI is InChI=1S/C20H21ClN2O4S/c1-14-12-15-4-2-3-5-19(15)23(14)20(24)17-13-16(6-7-18(17)21)28(25,26)22-8-10-27-11-9-22/h2-7,13-14H,8-12H2,1H3/t14-/m0/s1. The fourth-order valence-electron chi connectivity index (χ4n) is 3.77. The minimum atomic E-state index is -3.71. The van der Waals surface area contributed by atoms with E-state index in [1.54, 1.807) is 4.90 Å². The number of benzene rings is 2. The van der Waals surface area contributed by atoms with Crippen LogP contribution < -0.4 is 4.90 Å². The lowest BCUT2D eigenvalue weighted by Crippen LogP contribution is -2.40. The zero-order valence-corrected chi connectivity index (χ0v) is 17.0. The van der Waals surface area contributed by atoms with Gasteiger partial charge in [-0.2, -0.15) is 4.31 Å². The Morgan fingerprint density at radius 1 is 1.14 bits per heavy atom. The maximum absolute atomic E-state index is 13.3. The summed E-state index contributed by atoms with van der Waals surface area (Å²) in [6, 6.07) is 12.0. The molecule has 0 bridgehead atoms. The number of carbonyl (C=O) groups excluding carboxylic acids is 1. The summed E-state index contributed by atoms with van der Waals surface area (Å²) in [5, 5.41) is 0.238. The van der Waals surface area contributed by atoms with E-state index in [9.17, 15) is 13.2 Å². The molecule has 4 rings (SSSR count). The summed E-state index contributed by atoms with van der Waals surface area (Å²) in [5.41, 5.74) is 2.13. The van der Waals surface area contributed by atoms with Gasteiger partial charge in [-0.05, 0) is 43.2 Å². The molecular weight excluding hydrogens is 400 g/mol. The highest BCUT2D eigenvalue weighted by molar-refractivity contribution is 7.89. The number of sulfonamides is 1. The Morgan fingerprint density at radius 2 is 1.86 bits per heavy atom. The van der Waals surface area contributed by atoms with Crippen molar-refractivity contribution < 1.29 is 17.9 Å². The Balaban J connectivity index is 1.71. The third-order valence-corrected chi connectivity index (χ3v) is 7.43. The van der Waals surface area contributed by atoms with Crippen LogP contribution in [0.2, 0.25) is 5.02 Å². The fraction of sp³-hybridized carbons (Fsp3) is 0.350. The number of hydrogen-bond donors (Lipinski definition) is 0. The molecule has 2 heterocycles. The van der Waals surface area contributed by atoms with Crippen molar-refractivity contribution in [3.8, 4) is 0 Å². The average molecular weight is 421 g/mol. The van der Waals surface area contributed by atoms with Gasteiger partial charge in [-0.25, -0.2) is 8.42 Å². The molecule has 1 atom stereocenters. The van der Waals surface area contributed by atoms with Gasteiger partial charge in [0, 0.05) is 24.8 Å². The topological polar surface area (TPSA) is 66.9 Å². The molecule has 0 aromatic heterocycles. The van der Waals surface area contributed by atoms with Crippen LogP contribution in [0.5, 0.6) is 0 Å². The number of carbonyl (C=O) groups is 1. The van der Waals surface area contributed by atoms with Gasteiger partial charge in [-0.1, -0.05) is 29.8 Å². The Kier molecular flexibility index (Phi) is 5.18. The van der Waals surface area contributed by atoms with Gasteiger partial charge in [0.1, 0.15) is 0 Å². The lowest BCUT2D eigenvalue weighted by atomic mass is 10.1. The zero-order chi connectivity index (χ0) is 19.9. The molecule has 1 amide bonds. The number of fused-ring (bicyclic) bond motifs is 1. The third-order valence-electron chi connectivity index (χ3n) is 5.20. The van der Waals surface area contributed by atoms with Crippen molar-refractivity contribution in [2.24, 2.45) is 0 Å². The third kappa shape index (κ3) is 3.33. The van der Waals surface area contributed by atoms with Gasteiger partial charge in [0.05, 0.1) is 28.7 Å². The lowest BCUT2D eigenvalue weighted by molar-refractivity contribution is 0.0730. The summed E-state index contributed by atoms with van der Waals surface area (Å²) in [5.74, 6) is -0.290. The van der Waals surface area contributed by atoms with E-state index in [0.29, 0.717) is 26.3 Å². The fourth-order valence-corrected chi connectivity index (χ4v) is 5.40. The van der Waals surface area contributed by atoms with Crippen LogP contribution in [0.15, 0.2) is 47.4 Å². The predicted molar refractivity (Wildman–Crippen MR) is 107 cm³/mol. The van der Waals surface area contributed by atoms with Crippen LogP contribution in [-0.2, 0) is 21.2 Å². The molecule has 0 aliphatic carbocycles. The second kappa shape index (κ2) is 7.48. The van der Waals surface area contributed by atoms with Crippen molar-refractivity contribution in [3.05, 3.63) is 58.6 Å². The smallest absolute Gasteiger partial charge is 0.260 e. The van der Waals surface area contributed by atoms with Gasteiger partial charge in [0.2, 0.25) is 10.0 Å². The number of halogens is 1. The van der Waals surface area contributed by atoms with E-state index in [4.69, 9.17) is 16.3 Å². The van der Waals surface area contributed by atoms with Crippen molar-refractivity contribution in [1.29, 1.82) is 0 Å². The molecule has 0 N–H and O–H groups in total. The van der Waals surface area contributed by atoms with E-state index >= 15 is 0 Å². The molecule has 0 saturated carbocycles. The van der Waals surface area contributed by atoms with E-state index in [1.165, 1.54) is 22.5 Å². The second-order valence-electron chi connectivity index (χ2n) is 7.02. The molecule has 0 radical (unpaired) electrons. The Morgan fingerprint density at radius 3 is 2.61 bits per heavy atom. The van der Waals surface area contributed by atoms with E-state index in [2.05, 4.69) is 0 Å². The molecule has 2 aromatic rings. The average Bonchev–Trinajstić information content (AvgIpc) is 3.04. The van der Waals surface area contributed by atoms with Gasteiger partial charge < -0.3 is 9.64 Å². The van der Waals surface area contributed by atoms with Crippen molar-refractivity contribution in [2.45, 2.75) is 24.3 Å². The molecule has 6 nitrogen and oxygen atoms in total. The number of morpholine rings is 1. The second-order valence-corrected chi connectivity index (χ2v) is 9.36. The van der Waals surface area contributed by atoms with Gasteiger partial charge >= 0.3 is 0 Å². The first kappa shape index (κ1) is 19.4. The quantitative estimate of drug-likeness (QED) is 0.765. The number of para-hydroxylation sites is 1. The molecule has 2 aliphatic heterocycles. The highest BCUT2D eigenvalue weighted by atomic mass is 35.5. The van der Waals surface area contributed by atoms with Crippen molar-refractivity contribution in [2.75, 3.05) is 31.2 Å². The Labute approximate surface area is 169 Å². The van der Waals surface area contributed by atoms with Gasteiger partial charge in [-0.3, -0.25) is 4.79 Å². The molecule has 28 heavy (non-hydrogen) atoms. The van der Waals surface area contributed by atoms with Crippen LogP contribution in [0.4, 0.5) is 5.69 Å². The van der Waals surface area contributed by atoms with E-state index < -0.39 is 10.0 Å². The van der Waals surface area contributed by atoms with E-state index in [1.807, 2.05) is 31.2 Å². The van der Waals surface area contributed by atoms with Crippen LogP contribution in [-0.4, -0.2) is 51.0 Å². The number of hydrogen-bond acceptors (Lipinski definition) is 4. The van der Waals surface area contributed by atoms with Crippen LogP contribution in [0, 0.1) is 0 Å². The molecule has 1 fully saturated rings. The molecule has 0 spiro atoms. The number of ether oxygens (including phenoxy) is 1. The minimum Gasteiger partial charge on any atom is -0.379 e. The molecular formula is C20H21ClN2O4S. The van der Waals surface area contributed by atoms with E-state index in [0.717, 1.165) is 17.7 Å². The molecule has 0 unspecified atom stereocenters. The molecule has 8 heteroatoms. The number of anilines is 1. The van der Waals surface area contributed by atoms with Crippen LogP contribution >= 0.6 is 11.6 Å². The zero-order valence-electron chi connectivity index (χ0n) is 15.5. The van der Waals surface area contributed by atoms with Gasteiger partial charge in [-0.15, -0.1) is 0 Å². The normalized spacial score (nSPS) is 20.2. The SMILES string of the molecule is C[C@H]1Cc2ccccc2N1C(=O)c1cc(S(=O)(=O)N2CCOCC2)ccc1Cl. The maximum Gasteiger partial charge on any atom is 0.260 e. The van der Waals surface area contributed by atoms with Gasteiger partial charge in [0.25, 0.3) is 5.91 Å².